The third-order valence-electron chi connectivity index (χ3n) is 2.66. The summed E-state index contributed by atoms with van der Waals surface area (Å²) in [5.41, 5.74) is 0.552. The van der Waals surface area contributed by atoms with E-state index >= 15 is 0 Å². The van der Waals surface area contributed by atoms with Crippen molar-refractivity contribution in [3.05, 3.63) is 59.4 Å². The van der Waals surface area contributed by atoms with Gasteiger partial charge in [0.1, 0.15) is 5.82 Å². The second-order valence-corrected chi connectivity index (χ2v) is 3.88. The molecule has 0 heterocycles. The fourth-order valence-corrected chi connectivity index (χ4v) is 1.73. The molecule has 0 amide bonds. The molecule has 0 fully saturated rings. The molecule has 0 spiro atoms. The van der Waals surface area contributed by atoms with Gasteiger partial charge in [-0.25, -0.2) is 14.0 Å². The number of aromatic carboxylic acids is 2. The van der Waals surface area contributed by atoms with Crippen molar-refractivity contribution < 1.29 is 24.2 Å². The third kappa shape index (κ3) is 2.60. The first-order valence-corrected chi connectivity index (χ1v) is 5.35. The Balaban J connectivity index is 2.55. The average Bonchev–Trinajstić information content (AvgIpc) is 2.38. The van der Waals surface area contributed by atoms with Crippen LogP contribution in [0.3, 0.4) is 0 Å². The quantitative estimate of drug-likeness (QED) is 0.889. The minimum absolute atomic E-state index is 0.279. The monoisotopic (exact) mass is 260 g/mol. The molecule has 0 atom stereocenters. The van der Waals surface area contributed by atoms with E-state index in [1.165, 1.54) is 42.5 Å². The van der Waals surface area contributed by atoms with Gasteiger partial charge < -0.3 is 10.2 Å². The number of hydrogen-bond donors (Lipinski definition) is 2. The minimum Gasteiger partial charge on any atom is -0.478 e. The van der Waals surface area contributed by atoms with E-state index in [9.17, 15) is 14.0 Å². The highest BCUT2D eigenvalue weighted by Crippen LogP contribution is 2.23. The molecule has 2 rings (SSSR count). The molecule has 4 nitrogen and oxygen atoms in total. The van der Waals surface area contributed by atoms with Gasteiger partial charge in [0.2, 0.25) is 0 Å². The maximum absolute atomic E-state index is 12.8. The van der Waals surface area contributed by atoms with Crippen LogP contribution in [0.4, 0.5) is 4.39 Å². The van der Waals surface area contributed by atoms with E-state index in [0.717, 1.165) is 0 Å². The molecule has 2 aromatic carbocycles. The summed E-state index contributed by atoms with van der Waals surface area (Å²) in [4.78, 5) is 21.9. The maximum atomic E-state index is 12.8. The van der Waals surface area contributed by atoms with Gasteiger partial charge in [0.15, 0.2) is 0 Å². The Hall–Kier alpha value is -2.69. The van der Waals surface area contributed by atoms with Crippen molar-refractivity contribution in [1.29, 1.82) is 0 Å². The summed E-state index contributed by atoms with van der Waals surface area (Å²) in [6.07, 6.45) is 0. The predicted molar refractivity (Wildman–Crippen MR) is 65.8 cm³/mol. The van der Waals surface area contributed by atoms with Crippen LogP contribution >= 0.6 is 0 Å². The molecule has 0 unspecified atom stereocenters. The Morgan fingerprint density at radius 3 is 1.84 bits per heavy atom. The van der Waals surface area contributed by atoms with Crippen LogP contribution < -0.4 is 0 Å². The zero-order valence-corrected chi connectivity index (χ0v) is 9.63. The lowest BCUT2D eigenvalue weighted by Crippen LogP contribution is -2.07. The average molecular weight is 260 g/mol. The van der Waals surface area contributed by atoms with Crippen LogP contribution in [-0.2, 0) is 0 Å². The van der Waals surface area contributed by atoms with Gasteiger partial charge in [-0.3, -0.25) is 0 Å². The lowest BCUT2D eigenvalue weighted by atomic mass is 9.99. The molecule has 0 saturated carbocycles. The Labute approximate surface area is 107 Å². The normalized spacial score (nSPS) is 10.2. The number of hydrogen-bond acceptors (Lipinski definition) is 2. The largest absolute Gasteiger partial charge is 0.478 e. The molecule has 2 aromatic rings. The molecule has 0 aliphatic heterocycles. The number of benzene rings is 2. The van der Waals surface area contributed by atoms with Crippen molar-refractivity contribution in [1.82, 2.24) is 0 Å². The lowest BCUT2D eigenvalue weighted by molar-refractivity contribution is 0.0651. The first-order chi connectivity index (χ1) is 8.99. The van der Waals surface area contributed by atoms with Crippen LogP contribution in [0.1, 0.15) is 20.7 Å². The molecule has 0 aliphatic carbocycles. The minimum atomic E-state index is -1.32. The summed E-state index contributed by atoms with van der Waals surface area (Å²) in [7, 11) is 0. The molecule has 0 radical (unpaired) electrons. The first kappa shape index (κ1) is 12.8. The Kier molecular flexibility index (Phi) is 3.29. The molecule has 96 valence electrons. The van der Waals surface area contributed by atoms with Crippen LogP contribution in [0.5, 0.6) is 0 Å². The standard InChI is InChI=1S/C14H9FO4/c15-10-4-1-8(2-5-10)9-3-6-11(13(16)17)12(7-9)14(18)19/h1-7H,(H,16,17)(H,18,19). The van der Waals surface area contributed by atoms with Crippen molar-refractivity contribution in [2.75, 3.05) is 0 Å². The lowest BCUT2D eigenvalue weighted by Gasteiger charge is -2.06. The summed E-state index contributed by atoms with van der Waals surface area (Å²) >= 11 is 0. The van der Waals surface area contributed by atoms with Gasteiger partial charge in [-0.2, -0.15) is 0 Å². The van der Waals surface area contributed by atoms with Crippen LogP contribution in [0.2, 0.25) is 0 Å². The van der Waals surface area contributed by atoms with E-state index in [0.29, 0.717) is 11.1 Å². The molecule has 5 heteroatoms. The highest BCUT2D eigenvalue weighted by atomic mass is 19.1. The molecule has 0 saturated heterocycles. The summed E-state index contributed by atoms with van der Waals surface area (Å²) in [6.45, 7) is 0. The highest BCUT2D eigenvalue weighted by molar-refractivity contribution is 6.02. The van der Waals surface area contributed by atoms with Gasteiger partial charge in [0.25, 0.3) is 0 Å². The SMILES string of the molecule is O=C(O)c1ccc(-c2ccc(F)cc2)cc1C(=O)O. The molecular formula is C14H9FO4. The zero-order chi connectivity index (χ0) is 14.0. The third-order valence-corrected chi connectivity index (χ3v) is 2.66. The van der Waals surface area contributed by atoms with Crippen LogP contribution in [0.25, 0.3) is 11.1 Å². The van der Waals surface area contributed by atoms with Crippen molar-refractivity contribution in [2.45, 2.75) is 0 Å². The fraction of sp³-hybridized carbons (Fsp3) is 0. The fourth-order valence-electron chi connectivity index (χ4n) is 1.73. The summed E-state index contributed by atoms with van der Waals surface area (Å²) in [5.74, 6) is -3.02. The van der Waals surface area contributed by atoms with Crippen molar-refractivity contribution in [3.8, 4) is 11.1 Å². The topological polar surface area (TPSA) is 74.6 Å². The Bertz CT molecular complexity index is 647. The van der Waals surface area contributed by atoms with Gasteiger partial charge in [0, 0.05) is 0 Å². The van der Waals surface area contributed by atoms with Crippen molar-refractivity contribution in [3.63, 3.8) is 0 Å². The molecule has 2 N–H and O–H groups in total. The Morgan fingerprint density at radius 1 is 0.789 bits per heavy atom. The van der Waals surface area contributed by atoms with Crippen LogP contribution in [0.15, 0.2) is 42.5 Å². The van der Waals surface area contributed by atoms with Gasteiger partial charge in [-0.1, -0.05) is 18.2 Å². The number of carboxylic acids is 2. The highest BCUT2D eigenvalue weighted by Gasteiger charge is 2.16. The van der Waals surface area contributed by atoms with E-state index in [2.05, 4.69) is 0 Å². The van der Waals surface area contributed by atoms with E-state index in [1.807, 2.05) is 0 Å². The van der Waals surface area contributed by atoms with E-state index in [1.54, 1.807) is 0 Å². The van der Waals surface area contributed by atoms with Gasteiger partial charge in [-0.15, -0.1) is 0 Å². The van der Waals surface area contributed by atoms with Gasteiger partial charge in [0.05, 0.1) is 11.1 Å². The summed E-state index contributed by atoms with van der Waals surface area (Å²) in [5, 5.41) is 17.9. The number of halogens is 1. The van der Waals surface area contributed by atoms with Crippen LogP contribution in [0, 0.1) is 5.82 Å². The second-order valence-electron chi connectivity index (χ2n) is 3.88. The smallest absolute Gasteiger partial charge is 0.336 e. The number of carbonyl (C=O) groups is 2. The molecule has 0 bridgehead atoms. The summed E-state index contributed by atoms with van der Waals surface area (Å²) in [6, 6.07) is 9.47. The van der Waals surface area contributed by atoms with Crippen LogP contribution in [-0.4, -0.2) is 22.2 Å². The van der Waals surface area contributed by atoms with Gasteiger partial charge in [-0.05, 0) is 35.4 Å². The first-order valence-electron chi connectivity index (χ1n) is 5.35. The Morgan fingerprint density at radius 2 is 1.32 bits per heavy atom. The van der Waals surface area contributed by atoms with E-state index in [4.69, 9.17) is 10.2 Å². The van der Waals surface area contributed by atoms with E-state index in [-0.39, 0.29) is 11.1 Å². The van der Waals surface area contributed by atoms with Crippen molar-refractivity contribution >= 4 is 11.9 Å². The second kappa shape index (κ2) is 4.89. The maximum Gasteiger partial charge on any atom is 0.336 e. The number of carboxylic acid groups (broad SMARTS) is 2. The predicted octanol–water partition coefficient (Wildman–Crippen LogP) is 2.89. The summed E-state index contributed by atoms with van der Waals surface area (Å²) < 4.78 is 12.8. The molecule has 0 aromatic heterocycles. The molecule has 0 aliphatic rings. The van der Waals surface area contributed by atoms with Crippen molar-refractivity contribution in [2.24, 2.45) is 0 Å². The molecule has 19 heavy (non-hydrogen) atoms. The van der Waals surface area contributed by atoms with E-state index < -0.39 is 17.8 Å². The molecular weight excluding hydrogens is 251 g/mol. The number of rotatable bonds is 3. The van der Waals surface area contributed by atoms with Gasteiger partial charge >= 0.3 is 11.9 Å². The zero-order valence-electron chi connectivity index (χ0n) is 9.63.